The highest BCUT2D eigenvalue weighted by Crippen LogP contribution is 2.17. The fourth-order valence-electron chi connectivity index (χ4n) is 0.974. The number of halogens is 1. The molecule has 6 heteroatoms. The summed E-state index contributed by atoms with van der Waals surface area (Å²) < 4.78 is 0. The van der Waals surface area contributed by atoms with Gasteiger partial charge in [0.1, 0.15) is 0 Å². The van der Waals surface area contributed by atoms with Gasteiger partial charge < -0.3 is 10.8 Å². The third-order valence-corrected chi connectivity index (χ3v) is 1.71. The van der Waals surface area contributed by atoms with E-state index >= 15 is 0 Å². The molecule has 78 valence electrons. The minimum Gasteiger partial charge on any atom is -0.394 e. The van der Waals surface area contributed by atoms with Gasteiger partial charge in [-0.15, -0.1) is 12.4 Å². The van der Waals surface area contributed by atoms with Crippen molar-refractivity contribution in [3.63, 3.8) is 0 Å². The summed E-state index contributed by atoms with van der Waals surface area (Å²) in [5, 5.41) is 19.1. The Morgan fingerprint density at radius 1 is 1.57 bits per heavy atom. The van der Waals surface area contributed by atoms with Crippen molar-refractivity contribution in [1.29, 1.82) is 0 Å². The first-order valence-electron chi connectivity index (χ1n) is 3.76. The lowest BCUT2D eigenvalue weighted by atomic mass is 10.1. The number of hydrogen-bond acceptors (Lipinski definition) is 4. The monoisotopic (exact) mass is 218 g/mol. The Bertz CT molecular complexity index is 319. The molecule has 3 N–H and O–H groups in total. The summed E-state index contributed by atoms with van der Waals surface area (Å²) >= 11 is 0. The average molecular weight is 219 g/mol. The van der Waals surface area contributed by atoms with Gasteiger partial charge in [0.25, 0.3) is 5.69 Å². The molecule has 0 heterocycles. The molecule has 0 fully saturated rings. The zero-order valence-corrected chi connectivity index (χ0v) is 8.11. The number of nitro benzene ring substituents is 1. The second-order valence-electron chi connectivity index (χ2n) is 2.64. The minimum atomic E-state index is -0.556. The van der Waals surface area contributed by atoms with Crippen molar-refractivity contribution >= 4 is 18.1 Å². The van der Waals surface area contributed by atoms with Crippen LogP contribution >= 0.6 is 12.4 Å². The molecule has 0 amide bonds. The van der Waals surface area contributed by atoms with Gasteiger partial charge in [0.2, 0.25) is 0 Å². The predicted octanol–water partition coefficient (Wildman–Crippen LogP) is 1.01. The summed E-state index contributed by atoms with van der Waals surface area (Å²) in [6.45, 7) is -0.221. The molecule has 0 aliphatic heterocycles. The molecule has 1 aromatic rings. The van der Waals surface area contributed by atoms with E-state index in [1.54, 1.807) is 12.1 Å². The lowest BCUT2D eigenvalue weighted by Gasteiger charge is -2.06. The molecule has 0 spiro atoms. The maximum absolute atomic E-state index is 10.4. The van der Waals surface area contributed by atoms with Gasteiger partial charge in [0.05, 0.1) is 17.6 Å². The Balaban J connectivity index is 0.00000169. The molecule has 0 saturated carbocycles. The van der Waals surface area contributed by atoms with Crippen molar-refractivity contribution in [2.45, 2.75) is 6.04 Å². The van der Waals surface area contributed by atoms with E-state index in [1.165, 1.54) is 12.1 Å². The normalized spacial score (nSPS) is 11.6. The lowest BCUT2D eigenvalue weighted by molar-refractivity contribution is -0.384. The molecule has 5 nitrogen and oxygen atoms in total. The molecule has 1 rings (SSSR count). The Hall–Kier alpha value is -1.17. The van der Waals surface area contributed by atoms with Gasteiger partial charge >= 0.3 is 0 Å². The van der Waals surface area contributed by atoms with Crippen LogP contribution in [-0.4, -0.2) is 16.6 Å². The van der Waals surface area contributed by atoms with Gasteiger partial charge in [0, 0.05) is 12.1 Å². The number of hydrogen-bond donors (Lipinski definition) is 2. The number of benzene rings is 1. The van der Waals surface area contributed by atoms with Crippen LogP contribution in [0.4, 0.5) is 5.69 Å². The maximum atomic E-state index is 10.4. The lowest BCUT2D eigenvalue weighted by Crippen LogP contribution is -2.14. The predicted molar refractivity (Wildman–Crippen MR) is 54.4 cm³/mol. The third kappa shape index (κ3) is 2.95. The highest BCUT2D eigenvalue weighted by Gasteiger charge is 2.09. The summed E-state index contributed by atoms with van der Waals surface area (Å²) in [6.07, 6.45) is 0. The largest absolute Gasteiger partial charge is 0.394 e. The summed E-state index contributed by atoms with van der Waals surface area (Å²) in [6, 6.07) is 5.38. The highest BCUT2D eigenvalue weighted by molar-refractivity contribution is 5.85. The molecule has 1 atom stereocenters. The van der Waals surface area contributed by atoms with Gasteiger partial charge in [-0.25, -0.2) is 0 Å². The Morgan fingerprint density at radius 2 is 2.21 bits per heavy atom. The standard InChI is InChI=1S/C8H10N2O3.ClH/c9-8(5-11)6-2-1-3-7(4-6)10(12)13;/h1-4,8,11H,5,9H2;1H. The molecule has 1 aromatic carbocycles. The molecule has 0 aliphatic carbocycles. The molecule has 0 radical (unpaired) electrons. The smallest absolute Gasteiger partial charge is 0.269 e. The molecule has 0 saturated heterocycles. The number of nitrogens with zero attached hydrogens (tertiary/aromatic N) is 1. The van der Waals surface area contributed by atoms with E-state index in [2.05, 4.69) is 0 Å². The van der Waals surface area contributed by atoms with E-state index in [0.29, 0.717) is 5.56 Å². The highest BCUT2D eigenvalue weighted by atomic mass is 35.5. The maximum Gasteiger partial charge on any atom is 0.269 e. The van der Waals surface area contributed by atoms with Crippen LogP contribution in [0.15, 0.2) is 24.3 Å². The first-order valence-corrected chi connectivity index (χ1v) is 3.76. The van der Waals surface area contributed by atoms with Crippen molar-refractivity contribution in [3.8, 4) is 0 Å². The molecule has 1 unspecified atom stereocenters. The first kappa shape index (κ1) is 12.8. The first-order chi connectivity index (χ1) is 6.15. The molecule has 14 heavy (non-hydrogen) atoms. The van der Waals surface area contributed by atoms with Crippen molar-refractivity contribution in [2.75, 3.05) is 6.61 Å². The van der Waals surface area contributed by atoms with Crippen LogP contribution < -0.4 is 5.73 Å². The average Bonchev–Trinajstić information content (AvgIpc) is 2.17. The molecular weight excluding hydrogens is 208 g/mol. The van der Waals surface area contributed by atoms with E-state index in [9.17, 15) is 10.1 Å². The van der Waals surface area contributed by atoms with Gasteiger partial charge in [-0.1, -0.05) is 12.1 Å². The SMILES string of the molecule is Cl.NC(CO)c1cccc([N+](=O)[O-])c1. The molecule has 0 bridgehead atoms. The fourth-order valence-corrected chi connectivity index (χ4v) is 0.974. The van der Waals surface area contributed by atoms with Crippen LogP contribution in [-0.2, 0) is 0 Å². The van der Waals surface area contributed by atoms with Crippen molar-refractivity contribution in [3.05, 3.63) is 39.9 Å². The van der Waals surface area contributed by atoms with Crippen LogP contribution in [0.25, 0.3) is 0 Å². The van der Waals surface area contributed by atoms with Crippen LogP contribution in [0.2, 0.25) is 0 Å². The van der Waals surface area contributed by atoms with Gasteiger partial charge in [0.15, 0.2) is 0 Å². The zero-order chi connectivity index (χ0) is 9.84. The number of aliphatic hydroxyl groups excluding tert-OH is 1. The molecule has 0 aliphatic rings. The van der Waals surface area contributed by atoms with Crippen LogP contribution in [0.3, 0.4) is 0 Å². The van der Waals surface area contributed by atoms with Crippen molar-refractivity contribution in [2.24, 2.45) is 5.73 Å². The number of nitro groups is 1. The van der Waals surface area contributed by atoms with Crippen LogP contribution in [0.5, 0.6) is 0 Å². The Morgan fingerprint density at radius 3 is 2.71 bits per heavy atom. The Labute approximate surface area is 87.1 Å². The summed E-state index contributed by atoms with van der Waals surface area (Å²) in [4.78, 5) is 9.87. The van der Waals surface area contributed by atoms with E-state index in [4.69, 9.17) is 10.8 Å². The third-order valence-electron chi connectivity index (χ3n) is 1.71. The van der Waals surface area contributed by atoms with Crippen LogP contribution in [0, 0.1) is 10.1 Å². The topological polar surface area (TPSA) is 89.4 Å². The van der Waals surface area contributed by atoms with E-state index < -0.39 is 11.0 Å². The molecular formula is C8H11ClN2O3. The summed E-state index contributed by atoms with van der Waals surface area (Å²) in [7, 11) is 0. The quantitative estimate of drug-likeness (QED) is 0.585. The number of nitrogens with two attached hydrogens (primary N) is 1. The number of non-ortho nitro benzene ring substituents is 1. The van der Waals surface area contributed by atoms with Gasteiger partial charge in [-0.3, -0.25) is 10.1 Å². The van der Waals surface area contributed by atoms with Crippen LogP contribution in [0.1, 0.15) is 11.6 Å². The summed E-state index contributed by atoms with van der Waals surface area (Å²) in [5.41, 5.74) is 6.04. The van der Waals surface area contributed by atoms with E-state index in [1.807, 2.05) is 0 Å². The van der Waals surface area contributed by atoms with Gasteiger partial charge in [-0.2, -0.15) is 0 Å². The minimum absolute atomic E-state index is 0. The number of rotatable bonds is 3. The second kappa shape index (κ2) is 5.54. The second-order valence-corrected chi connectivity index (χ2v) is 2.64. The van der Waals surface area contributed by atoms with Gasteiger partial charge in [-0.05, 0) is 5.56 Å². The van der Waals surface area contributed by atoms with Crippen molar-refractivity contribution in [1.82, 2.24) is 0 Å². The van der Waals surface area contributed by atoms with E-state index in [0.717, 1.165) is 0 Å². The van der Waals surface area contributed by atoms with E-state index in [-0.39, 0.29) is 24.7 Å². The Kier molecular flexibility index (Phi) is 5.07. The van der Waals surface area contributed by atoms with Crippen molar-refractivity contribution < 1.29 is 10.0 Å². The molecule has 0 aromatic heterocycles. The fraction of sp³-hybridized carbons (Fsp3) is 0.250. The number of aliphatic hydroxyl groups is 1. The summed E-state index contributed by atoms with van der Waals surface area (Å²) in [5.74, 6) is 0. The zero-order valence-electron chi connectivity index (χ0n) is 7.29.